The Bertz CT molecular complexity index is 1460. The smallest absolute Gasteiger partial charge is 0.329 e. The zero-order valence-corrected chi connectivity index (χ0v) is 25.8. The molecule has 1 fully saturated rings. The summed E-state index contributed by atoms with van der Waals surface area (Å²) < 4.78 is 6.58. The molecule has 3 aromatic rings. The van der Waals surface area contributed by atoms with Crippen LogP contribution >= 0.6 is 11.6 Å². The molecule has 3 aliphatic carbocycles. The molecule has 3 atom stereocenters. The first kappa shape index (κ1) is 29.0. The summed E-state index contributed by atoms with van der Waals surface area (Å²) >= 11 is 6.22. The number of pyridine rings is 1. The summed E-state index contributed by atoms with van der Waals surface area (Å²) in [4.78, 5) is 17.6. The number of anilines is 1. The fourth-order valence-corrected chi connectivity index (χ4v) is 8.46. The van der Waals surface area contributed by atoms with Crippen LogP contribution in [0.5, 0.6) is 5.75 Å². The van der Waals surface area contributed by atoms with Crippen molar-refractivity contribution in [1.82, 2.24) is 4.98 Å². The number of hydrogen-bond acceptors (Lipinski definition) is 4. The molecule has 6 heteroatoms. The summed E-state index contributed by atoms with van der Waals surface area (Å²) in [5.74, 6) is 1.56. The number of halogens is 1. The Labute approximate surface area is 255 Å². The van der Waals surface area contributed by atoms with E-state index in [0.29, 0.717) is 42.2 Å². The van der Waals surface area contributed by atoms with Crippen LogP contribution in [0.15, 0.2) is 54.6 Å². The van der Waals surface area contributed by atoms with Gasteiger partial charge in [0, 0.05) is 33.7 Å². The number of aliphatic carboxylic acids is 1. The molecule has 0 saturated heterocycles. The van der Waals surface area contributed by atoms with Crippen molar-refractivity contribution in [3.05, 3.63) is 87.7 Å². The third-order valence-corrected chi connectivity index (χ3v) is 10.6. The molecule has 0 aliphatic heterocycles. The predicted molar refractivity (Wildman–Crippen MR) is 169 cm³/mol. The summed E-state index contributed by atoms with van der Waals surface area (Å²) in [6.07, 6.45) is 8.36. The average molecular weight is 587 g/mol. The van der Waals surface area contributed by atoms with Crippen molar-refractivity contribution in [2.75, 3.05) is 11.9 Å². The van der Waals surface area contributed by atoms with E-state index in [9.17, 15) is 9.90 Å². The van der Waals surface area contributed by atoms with Gasteiger partial charge < -0.3 is 15.2 Å². The van der Waals surface area contributed by atoms with Gasteiger partial charge in [-0.3, -0.25) is 4.98 Å². The number of nitrogens with zero attached hydrogens (tertiary/aromatic N) is 1. The first-order chi connectivity index (χ1) is 20.2. The van der Waals surface area contributed by atoms with E-state index in [4.69, 9.17) is 21.3 Å². The third kappa shape index (κ3) is 5.41. The number of aryl methyl sites for hydroxylation is 2. The highest BCUT2D eigenvalue weighted by Gasteiger charge is 2.54. The van der Waals surface area contributed by atoms with E-state index in [1.54, 1.807) is 0 Å². The van der Waals surface area contributed by atoms with Crippen molar-refractivity contribution in [2.24, 2.45) is 11.8 Å². The summed E-state index contributed by atoms with van der Waals surface area (Å²) in [5.41, 5.74) is 6.17. The van der Waals surface area contributed by atoms with Crippen LogP contribution in [0.4, 0.5) is 5.69 Å². The van der Waals surface area contributed by atoms with Crippen LogP contribution in [-0.2, 0) is 23.1 Å². The van der Waals surface area contributed by atoms with Crippen molar-refractivity contribution in [3.8, 4) is 5.75 Å². The Balaban J connectivity index is 1.20. The molecule has 0 amide bonds. The maximum absolute atomic E-state index is 12.7. The second kappa shape index (κ2) is 11.6. The van der Waals surface area contributed by atoms with Crippen LogP contribution < -0.4 is 10.1 Å². The Morgan fingerprint density at radius 2 is 1.93 bits per heavy atom. The molecule has 0 bridgehead atoms. The Morgan fingerprint density at radius 3 is 2.69 bits per heavy atom. The monoisotopic (exact) mass is 586 g/mol. The molecule has 1 heterocycles. The van der Waals surface area contributed by atoms with Crippen LogP contribution in [-0.4, -0.2) is 28.2 Å². The van der Waals surface area contributed by atoms with Gasteiger partial charge in [-0.25, -0.2) is 4.79 Å². The van der Waals surface area contributed by atoms with Gasteiger partial charge in [-0.15, -0.1) is 0 Å². The van der Waals surface area contributed by atoms with E-state index in [1.807, 2.05) is 24.3 Å². The Kier molecular flexibility index (Phi) is 7.99. The molecule has 2 aromatic carbocycles. The van der Waals surface area contributed by atoms with Gasteiger partial charge in [0.25, 0.3) is 0 Å². The fourth-order valence-electron chi connectivity index (χ4n) is 8.27. The summed E-state index contributed by atoms with van der Waals surface area (Å²) in [5, 5.41) is 14.4. The van der Waals surface area contributed by atoms with E-state index in [-0.39, 0.29) is 5.41 Å². The largest absolute Gasteiger partial charge is 0.493 e. The van der Waals surface area contributed by atoms with E-state index in [1.165, 1.54) is 35.2 Å². The summed E-state index contributed by atoms with van der Waals surface area (Å²) in [6.45, 7) is 7.36. The minimum atomic E-state index is -0.998. The molecule has 0 radical (unpaired) electrons. The van der Waals surface area contributed by atoms with Gasteiger partial charge in [0.05, 0.1) is 6.61 Å². The maximum atomic E-state index is 12.7. The molecule has 1 aromatic heterocycles. The topological polar surface area (TPSA) is 71.5 Å². The molecule has 1 saturated carbocycles. The molecule has 1 spiro atoms. The summed E-state index contributed by atoms with van der Waals surface area (Å²) in [6, 6.07) is 18.4. The minimum absolute atomic E-state index is 0.0131. The first-order valence-electron chi connectivity index (χ1n) is 15.7. The fraction of sp³-hybridized carbons (Fsp3) is 0.500. The van der Waals surface area contributed by atoms with Crippen molar-refractivity contribution in [2.45, 2.75) is 95.4 Å². The van der Waals surface area contributed by atoms with Gasteiger partial charge in [-0.2, -0.15) is 0 Å². The minimum Gasteiger partial charge on any atom is -0.493 e. The highest BCUT2D eigenvalue weighted by atomic mass is 35.5. The van der Waals surface area contributed by atoms with Crippen molar-refractivity contribution >= 4 is 23.3 Å². The van der Waals surface area contributed by atoms with E-state index < -0.39 is 11.5 Å². The maximum Gasteiger partial charge on any atom is 0.329 e. The number of fused-ring (bicyclic) bond motifs is 3. The van der Waals surface area contributed by atoms with Crippen molar-refractivity contribution < 1.29 is 14.6 Å². The second-order valence-corrected chi connectivity index (χ2v) is 13.7. The van der Waals surface area contributed by atoms with E-state index >= 15 is 0 Å². The lowest BCUT2D eigenvalue weighted by Gasteiger charge is -2.47. The lowest BCUT2D eigenvalue weighted by molar-refractivity contribution is -0.144. The number of carbonyl (C=O) groups is 1. The molecule has 2 N–H and O–H groups in total. The predicted octanol–water partition coefficient (Wildman–Crippen LogP) is 8.51. The molecule has 5 nitrogen and oxygen atoms in total. The number of aromatic nitrogens is 1. The third-order valence-electron chi connectivity index (χ3n) is 10.4. The molecule has 222 valence electrons. The standard InChI is InChI=1S/C36H43ClN2O3/c1-23(22-42-32-19-25(3)38-31-13-6-8-24(2)33(31)32)18-27-20-26-9-4-5-12-30(26)35(27)14-16-36(17-15-35,34(40)41)39-29-11-7-10-28(37)21-29/h4-5,7,9-12,19,21,23-24,27,39H,6,8,13-18,20,22H2,1-3H3,(H,40,41)/t23-,24-,27+,35?,36?/m1/s1. The summed E-state index contributed by atoms with van der Waals surface area (Å²) in [7, 11) is 0. The molecular formula is C36H43ClN2O3. The van der Waals surface area contributed by atoms with Crippen molar-refractivity contribution in [3.63, 3.8) is 0 Å². The van der Waals surface area contributed by atoms with Crippen LogP contribution in [0, 0.1) is 18.8 Å². The molecule has 3 aliphatic rings. The lowest BCUT2D eigenvalue weighted by atomic mass is 9.59. The van der Waals surface area contributed by atoms with Gasteiger partial charge >= 0.3 is 5.97 Å². The van der Waals surface area contributed by atoms with Gasteiger partial charge in [-0.1, -0.05) is 55.8 Å². The van der Waals surface area contributed by atoms with Crippen LogP contribution in [0.3, 0.4) is 0 Å². The molecule has 0 unspecified atom stereocenters. The van der Waals surface area contributed by atoms with Gasteiger partial charge in [-0.05, 0) is 117 Å². The van der Waals surface area contributed by atoms with Crippen LogP contribution in [0.25, 0.3) is 0 Å². The molecule has 6 rings (SSSR count). The zero-order chi connectivity index (χ0) is 29.5. The zero-order valence-electron chi connectivity index (χ0n) is 25.1. The normalized spacial score (nSPS) is 27.2. The Morgan fingerprint density at radius 1 is 1.14 bits per heavy atom. The van der Waals surface area contributed by atoms with Gasteiger partial charge in [0.2, 0.25) is 0 Å². The SMILES string of the molecule is Cc1cc(OC[C@H](C)C[C@H]2Cc3ccccc3C23CCC(Nc2cccc(Cl)c2)(C(=O)O)CC3)c2c(n1)CCC[C@H]2C. The highest BCUT2D eigenvalue weighted by molar-refractivity contribution is 6.30. The average Bonchev–Trinajstić information content (AvgIpc) is 3.25. The number of ether oxygens (including phenoxy) is 1. The van der Waals surface area contributed by atoms with Crippen molar-refractivity contribution in [1.29, 1.82) is 0 Å². The lowest BCUT2D eigenvalue weighted by Crippen LogP contribution is -2.53. The number of rotatable bonds is 8. The molecular weight excluding hydrogens is 544 g/mol. The first-order valence-corrected chi connectivity index (χ1v) is 16.1. The number of benzene rings is 2. The van der Waals surface area contributed by atoms with Gasteiger partial charge in [0.1, 0.15) is 11.3 Å². The molecule has 42 heavy (non-hydrogen) atoms. The van der Waals surface area contributed by atoms with E-state index in [0.717, 1.165) is 49.2 Å². The highest BCUT2D eigenvalue weighted by Crippen LogP contribution is 2.56. The quantitative estimate of drug-likeness (QED) is 0.277. The van der Waals surface area contributed by atoms with E-state index in [2.05, 4.69) is 56.4 Å². The number of nitrogens with one attached hydrogen (secondary N) is 1. The van der Waals surface area contributed by atoms with Crippen LogP contribution in [0.2, 0.25) is 5.02 Å². The van der Waals surface area contributed by atoms with Gasteiger partial charge in [0.15, 0.2) is 0 Å². The second-order valence-electron chi connectivity index (χ2n) is 13.3. The Hall–Kier alpha value is -3.05. The number of carboxylic acid groups (broad SMARTS) is 1. The number of hydrogen-bond donors (Lipinski definition) is 2. The van der Waals surface area contributed by atoms with Crippen LogP contribution in [0.1, 0.15) is 92.8 Å². The number of carboxylic acids is 1.